The van der Waals surface area contributed by atoms with Crippen molar-refractivity contribution in [1.29, 1.82) is 0 Å². The van der Waals surface area contributed by atoms with Crippen LogP contribution in [0.3, 0.4) is 0 Å². The van der Waals surface area contributed by atoms with Crippen molar-refractivity contribution >= 4 is 0 Å². The first kappa shape index (κ1) is 12.1. The Kier molecular flexibility index (Phi) is 5.19. The molecule has 0 aliphatic rings. The molecule has 2 nitrogen and oxygen atoms in total. The van der Waals surface area contributed by atoms with Crippen molar-refractivity contribution in [2.75, 3.05) is 13.2 Å². The quantitative estimate of drug-likeness (QED) is 0.778. The first-order valence-electron chi connectivity index (χ1n) is 5.70. The summed E-state index contributed by atoms with van der Waals surface area (Å²) in [6, 6.07) is 6.36. The molecular formula is C13H21NO. The molecule has 0 aromatic heterocycles. The lowest BCUT2D eigenvalue weighted by molar-refractivity contribution is 0.314. The van der Waals surface area contributed by atoms with Crippen LogP contribution in [-0.4, -0.2) is 13.2 Å². The van der Waals surface area contributed by atoms with Gasteiger partial charge in [0.05, 0.1) is 6.61 Å². The normalized spacial score (nSPS) is 10.3. The van der Waals surface area contributed by atoms with Gasteiger partial charge in [-0.2, -0.15) is 0 Å². The smallest absolute Gasteiger partial charge is 0.122 e. The predicted molar refractivity (Wildman–Crippen MR) is 64.3 cm³/mol. The molecule has 0 spiro atoms. The highest BCUT2D eigenvalue weighted by atomic mass is 16.5. The van der Waals surface area contributed by atoms with E-state index in [1.165, 1.54) is 11.1 Å². The summed E-state index contributed by atoms with van der Waals surface area (Å²) >= 11 is 0. The number of benzene rings is 1. The highest BCUT2D eigenvalue weighted by molar-refractivity contribution is 5.37. The number of ether oxygens (including phenoxy) is 1. The summed E-state index contributed by atoms with van der Waals surface area (Å²) in [5.41, 5.74) is 8.09. The molecule has 15 heavy (non-hydrogen) atoms. The molecule has 0 aliphatic heterocycles. The fourth-order valence-corrected chi connectivity index (χ4v) is 1.55. The van der Waals surface area contributed by atoms with Crippen LogP contribution in [0.4, 0.5) is 0 Å². The Bertz CT molecular complexity index is 297. The monoisotopic (exact) mass is 207 g/mol. The Hall–Kier alpha value is -1.02. The Morgan fingerprint density at radius 2 is 2.13 bits per heavy atom. The molecule has 0 saturated carbocycles. The van der Waals surface area contributed by atoms with Gasteiger partial charge in [-0.05, 0) is 44.4 Å². The summed E-state index contributed by atoms with van der Waals surface area (Å²) in [6.07, 6.45) is 3.08. The zero-order valence-electron chi connectivity index (χ0n) is 9.75. The van der Waals surface area contributed by atoms with Crippen LogP contribution >= 0.6 is 0 Å². The minimum Gasteiger partial charge on any atom is -0.493 e. The fourth-order valence-electron chi connectivity index (χ4n) is 1.55. The van der Waals surface area contributed by atoms with Gasteiger partial charge in [0, 0.05) is 0 Å². The van der Waals surface area contributed by atoms with Gasteiger partial charge in [-0.1, -0.05) is 24.6 Å². The van der Waals surface area contributed by atoms with E-state index in [0.717, 1.165) is 38.2 Å². The van der Waals surface area contributed by atoms with Crippen molar-refractivity contribution in [3.05, 3.63) is 29.3 Å². The van der Waals surface area contributed by atoms with Crippen molar-refractivity contribution in [2.45, 2.75) is 33.1 Å². The average Bonchev–Trinajstić information content (AvgIpc) is 2.25. The number of hydrogen-bond donors (Lipinski definition) is 1. The molecule has 0 atom stereocenters. The van der Waals surface area contributed by atoms with Gasteiger partial charge < -0.3 is 10.5 Å². The maximum atomic E-state index is 5.70. The van der Waals surface area contributed by atoms with Gasteiger partial charge in [0.2, 0.25) is 0 Å². The van der Waals surface area contributed by atoms with E-state index in [0.29, 0.717) is 0 Å². The van der Waals surface area contributed by atoms with Crippen LogP contribution in [-0.2, 0) is 6.42 Å². The number of nitrogens with two attached hydrogens (primary N) is 1. The van der Waals surface area contributed by atoms with Crippen LogP contribution in [0.25, 0.3) is 0 Å². The molecule has 0 radical (unpaired) electrons. The lowest BCUT2D eigenvalue weighted by atomic mass is 10.1. The molecular weight excluding hydrogens is 186 g/mol. The molecule has 1 aromatic rings. The first-order chi connectivity index (χ1) is 7.27. The standard InChI is InChI=1S/C13H21NO/c1-3-9-15-13-7-6-11(2)10-12(13)5-4-8-14/h6-7,10H,3-5,8-9,14H2,1-2H3. The van der Waals surface area contributed by atoms with Gasteiger partial charge in [0.25, 0.3) is 0 Å². The Labute approximate surface area is 92.4 Å². The second-order valence-electron chi connectivity index (χ2n) is 3.85. The van der Waals surface area contributed by atoms with Gasteiger partial charge in [-0.3, -0.25) is 0 Å². The lowest BCUT2D eigenvalue weighted by Gasteiger charge is -2.11. The van der Waals surface area contributed by atoms with E-state index in [9.17, 15) is 0 Å². The predicted octanol–water partition coefficient (Wildman–Crippen LogP) is 2.68. The molecule has 0 saturated heterocycles. The van der Waals surface area contributed by atoms with Crippen LogP contribution in [0.1, 0.15) is 30.9 Å². The van der Waals surface area contributed by atoms with Gasteiger partial charge in [-0.25, -0.2) is 0 Å². The van der Waals surface area contributed by atoms with Gasteiger partial charge in [0.15, 0.2) is 0 Å². The lowest BCUT2D eigenvalue weighted by Crippen LogP contribution is -2.03. The van der Waals surface area contributed by atoms with Gasteiger partial charge in [-0.15, -0.1) is 0 Å². The van der Waals surface area contributed by atoms with E-state index in [2.05, 4.69) is 32.0 Å². The van der Waals surface area contributed by atoms with E-state index < -0.39 is 0 Å². The van der Waals surface area contributed by atoms with Crippen molar-refractivity contribution in [3.8, 4) is 5.75 Å². The molecule has 0 unspecified atom stereocenters. The summed E-state index contributed by atoms with van der Waals surface area (Å²) in [6.45, 7) is 5.75. The third-order valence-electron chi connectivity index (χ3n) is 2.33. The molecule has 0 bridgehead atoms. The van der Waals surface area contributed by atoms with Crippen molar-refractivity contribution in [3.63, 3.8) is 0 Å². The third kappa shape index (κ3) is 3.92. The molecule has 1 aromatic carbocycles. The van der Waals surface area contributed by atoms with E-state index >= 15 is 0 Å². The van der Waals surface area contributed by atoms with Crippen LogP contribution in [0, 0.1) is 6.92 Å². The third-order valence-corrected chi connectivity index (χ3v) is 2.33. The van der Waals surface area contributed by atoms with E-state index in [1.807, 2.05) is 0 Å². The Morgan fingerprint density at radius 3 is 2.80 bits per heavy atom. The van der Waals surface area contributed by atoms with Crippen molar-refractivity contribution in [2.24, 2.45) is 5.73 Å². The molecule has 84 valence electrons. The maximum absolute atomic E-state index is 5.70. The van der Waals surface area contributed by atoms with Crippen LogP contribution < -0.4 is 10.5 Å². The molecule has 0 fully saturated rings. The Morgan fingerprint density at radius 1 is 1.33 bits per heavy atom. The number of rotatable bonds is 6. The van der Waals surface area contributed by atoms with E-state index in [-0.39, 0.29) is 0 Å². The van der Waals surface area contributed by atoms with E-state index in [1.54, 1.807) is 0 Å². The van der Waals surface area contributed by atoms with E-state index in [4.69, 9.17) is 10.5 Å². The summed E-state index contributed by atoms with van der Waals surface area (Å²) in [4.78, 5) is 0. The summed E-state index contributed by atoms with van der Waals surface area (Å²) in [5.74, 6) is 1.02. The molecule has 0 amide bonds. The summed E-state index contributed by atoms with van der Waals surface area (Å²) in [5, 5.41) is 0. The molecule has 0 aliphatic carbocycles. The van der Waals surface area contributed by atoms with Crippen LogP contribution in [0.2, 0.25) is 0 Å². The topological polar surface area (TPSA) is 35.2 Å². The number of aryl methyl sites for hydroxylation is 2. The minimum atomic E-state index is 0.737. The van der Waals surface area contributed by atoms with Crippen molar-refractivity contribution < 1.29 is 4.74 Å². The molecule has 2 heteroatoms. The van der Waals surface area contributed by atoms with Crippen LogP contribution in [0.15, 0.2) is 18.2 Å². The second kappa shape index (κ2) is 6.46. The Balaban J connectivity index is 2.73. The SMILES string of the molecule is CCCOc1ccc(C)cc1CCCN. The highest BCUT2D eigenvalue weighted by Gasteiger charge is 2.03. The van der Waals surface area contributed by atoms with Gasteiger partial charge in [0.1, 0.15) is 5.75 Å². The maximum Gasteiger partial charge on any atom is 0.122 e. The van der Waals surface area contributed by atoms with Gasteiger partial charge >= 0.3 is 0 Å². The first-order valence-corrected chi connectivity index (χ1v) is 5.70. The largest absolute Gasteiger partial charge is 0.493 e. The average molecular weight is 207 g/mol. The summed E-state index contributed by atoms with van der Waals surface area (Å²) < 4.78 is 5.70. The fraction of sp³-hybridized carbons (Fsp3) is 0.538. The molecule has 2 N–H and O–H groups in total. The zero-order chi connectivity index (χ0) is 11.1. The molecule has 0 heterocycles. The summed E-state index contributed by atoms with van der Waals surface area (Å²) in [7, 11) is 0. The minimum absolute atomic E-state index is 0.737. The zero-order valence-corrected chi connectivity index (χ0v) is 9.75. The second-order valence-corrected chi connectivity index (χ2v) is 3.85. The van der Waals surface area contributed by atoms with Crippen molar-refractivity contribution in [1.82, 2.24) is 0 Å². The number of hydrogen-bond acceptors (Lipinski definition) is 2. The highest BCUT2D eigenvalue weighted by Crippen LogP contribution is 2.21. The molecule has 1 rings (SSSR count). The van der Waals surface area contributed by atoms with Crippen LogP contribution in [0.5, 0.6) is 5.75 Å².